The van der Waals surface area contributed by atoms with E-state index in [2.05, 4.69) is 28.8 Å². The summed E-state index contributed by atoms with van der Waals surface area (Å²) in [6.07, 6.45) is 3.38. The fourth-order valence-electron chi connectivity index (χ4n) is 2.25. The molecule has 3 unspecified atom stereocenters. The molecule has 1 aliphatic rings. The van der Waals surface area contributed by atoms with E-state index in [1.165, 1.54) is 13.5 Å². The molecule has 0 aliphatic heterocycles. The largest absolute Gasteiger partial charge is 0.467 e. The van der Waals surface area contributed by atoms with Crippen molar-refractivity contribution in [3.63, 3.8) is 0 Å². The van der Waals surface area contributed by atoms with Crippen molar-refractivity contribution in [2.24, 2.45) is 11.8 Å². The first kappa shape index (κ1) is 12.9. The Morgan fingerprint density at radius 2 is 1.78 bits per heavy atom. The molecule has 1 aliphatic carbocycles. The van der Waals surface area contributed by atoms with Crippen molar-refractivity contribution in [3.8, 4) is 12.0 Å². The van der Waals surface area contributed by atoms with E-state index in [0.717, 1.165) is 18.8 Å². The Kier molecular flexibility index (Phi) is 3.84. The third kappa shape index (κ3) is 3.00. The Balaban J connectivity index is 2.03. The molecule has 0 radical (unpaired) electrons. The van der Waals surface area contributed by atoms with Gasteiger partial charge >= 0.3 is 12.0 Å². The monoisotopic (exact) mass is 252 g/mol. The van der Waals surface area contributed by atoms with E-state index in [4.69, 9.17) is 15.2 Å². The molecule has 2 rings (SSSR count). The van der Waals surface area contributed by atoms with Crippen LogP contribution in [0, 0.1) is 11.8 Å². The molecule has 1 fully saturated rings. The molecule has 6 nitrogen and oxygen atoms in total. The summed E-state index contributed by atoms with van der Waals surface area (Å²) in [7, 11) is 1.49. The number of nitrogens with two attached hydrogens (primary N) is 1. The summed E-state index contributed by atoms with van der Waals surface area (Å²) < 4.78 is 10.7. The second-order valence-electron chi connectivity index (χ2n) is 4.97. The van der Waals surface area contributed by atoms with E-state index in [-0.39, 0.29) is 24.1 Å². The SMILES string of the molecule is COc1nc(N)nc(OC2CCC(C)C(C)C2)n1. The molecule has 1 saturated carbocycles. The Bertz CT molecular complexity index is 413. The van der Waals surface area contributed by atoms with Crippen LogP contribution in [0.3, 0.4) is 0 Å². The van der Waals surface area contributed by atoms with Crippen LogP contribution in [-0.2, 0) is 0 Å². The number of methoxy groups -OCH3 is 1. The zero-order valence-electron chi connectivity index (χ0n) is 11.1. The van der Waals surface area contributed by atoms with Crippen molar-refractivity contribution < 1.29 is 9.47 Å². The van der Waals surface area contributed by atoms with Crippen molar-refractivity contribution in [2.45, 2.75) is 39.2 Å². The van der Waals surface area contributed by atoms with Gasteiger partial charge in [0.05, 0.1) is 7.11 Å². The van der Waals surface area contributed by atoms with Gasteiger partial charge in [-0.2, -0.15) is 9.97 Å². The lowest BCUT2D eigenvalue weighted by Crippen LogP contribution is -2.29. The predicted octanol–water partition coefficient (Wildman–Crippen LogP) is 1.67. The molecule has 2 N–H and O–H groups in total. The summed E-state index contributed by atoms with van der Waals surface area (Å²) in [5, 5.41) is 0. The van der Waals surface area contributed by atoms with E-state index in [1.54, 1.807) is 0 Å². The van der Waals surface area contributed by atoms with Gasteiger partial charge in [0, 0.05) is 0 Å². The Labute approximate surface area is 107 Å². The average molecular weight is 252 g/mol. The molecule has 0 amide bonds. The van der Waals surface area contributed by atoms with Crippen molar-refractivity contribution >= 4 is 5.95 Å². The van der Waals surface area contributed by atoms with Crippen LogP contribution in [0.1, 0.15) is 33.1 Å². The number of nitrogen functional groups attached to an aromatic ring is 1. The molecule has 0 spiro atoms. The summed E-state index contributed by atoms with van der Waals surface area (Å²) in [5.41, 5.74) is 5.57. The van der Waals surface area contributed by atoms with Crippen LogP contribution in [0.15, 0.2) is 0 Å². The van der Waals surface area contributed by atoms with Gasteiger partial charge in [-0.15, -0.1) is 4.98 Å². The van der Waals surface area contributed by atoms with E-state index < -0.39 is 0 Å². The number of hydrogen-bond donors (Lipinski definition) is 1. The molecule has 0 bridgehead atoms. The number of rotatable bonds is 3. The van der Waals surface area contributed by atoms with Crippen molar-refractivity contribution in [3.05, 3.63) is 0 Å². The third-order valence-electron chi connectivity index (χ3n) is 3.62. The number of hydrogen-bond acceptors (Lipinski definition) is 6. The third-order valence-corrected chi connectivity index (χ3v) is 3.62. The molecule has 18 heavy (non-hydrogen) atoms. The minimum Gasteiger partial charge on any atom is -0.467 e. The van der Waals surface area contributed by atoms with Gasteiger partial charge in [0.15, 0.2) is 0 Å². The second kappa shape index (κ2) is 5.37. The van der Waals surface area contributed by atoms with Crippen LogP contribution in [0.25, 0.3) is 0 Å². The minimum absolute atomic E-state index is 0.120. The van der Waals surface area contributed by atoms with E-state index >= 15 is 0 Å². The number of nitrogens with zero attached hydrogens (tertiary/aromatic N) is 3. The molecule has 1 heterocycles. The van der Waals surface area contributed by atoms with Gasteiger partial charge in [-0.3, -0.25) is 0 Å². The normalized spacial score (nSPS) is 27.8. The highest BCUT2D eigenvalue weighted by Gasteiger charge is 2.26. The van der Waals surface area contributed by atoms with Gasteiger partial charge in [-0.25, -0.2) is 0 Å². The first-order valence-electron chi connectivity index (χ1n) is 6.30. The topological polar surface area (TPSA) is 83.2 Å². The van der Waals surface area contributed by atoms with Gasteiger partial charge in [0.25, 0.3) is 0 Å². The number of ether oxygens (including phenoxy) is 2. The maximum absolute atomic E-state index is 5.78. The van der Waals surface area contributed by atoms with Gasteiger partial charge in [0.2, 0.25) is 5.95 Å². The quantitative estimate of drug-likeness (QED) is 0.881. The van der Waals surface area contributed by atoms with Gasteiger partial charge in [-0.05, 0) is 31.1 Å². The lowest BCUT2D eigenvalue weighted by Gasteiger charge is -2.31. The van der Waals surface area contributed by atoms with E-state index in [9.17, 15) is 0 Å². The smallest absolute Gasteiger partial charge is 0.324 e. The first-order valence-corrected chi connectivity index (χ1v) is 6.30. The van der Waals surface area contributed by atoms with Crippen LogP contribution < -0.4 is 15.2 Å². The standard InChI is InChI=1S/C12H20N4O2/c1-7-4-5-9(6-8(7)2)18-12-15-10(13)14-11(16-12)17-3/h7-9H,4-6H2,1-3H3,(H2,13,14,15,16). The van der Waals surface area contributed by atoms with Crippen LogP contribution in [0.5, 0.6) is 12.0 Å². The van der Waals surface area contributed by atoms with E-state index in [0.29, 0.717) is 5.92 Å². The second-order valence-corrected chi connectivity index (χ2v) is 4.97. The summed E-state index contributed by atoms with van der Waals surface area (Å²) in [6.45, 7) is 4.54. The van der Waals surface area contributed by atoms with Crippen molar-refractivity contribution in [2.75, 3.05) is 12.8 Å². The molecule has 3 atom stereocenters. The summed E-state index contributed by atoms with van der Waals surface area (Å²) in [5.74, 6) is 1.53. The van der Waals surface area contributed by atoms with Crippen LogP contribution in [-0.4, -0.2) is 28.2 Å². The molecular formula is C12H20N4O2. The van der Waals surface area contributed by atoms with Crippen molar-refractivity contribution in [1.29, 1.82) is 0 Å². The predicted molar refractivity (Wildman–Crippen MR) is 67.4 cm³/mol. The number of anilines is 1. The lowest BCUT2D eigenvalue weighted by atomic mass is 9.80. The zero-order valence-corrected chi connectivity index (χ0v) is 11.1. The molecular weight excluding hydrogens is 232 g/mol. The minimum atomic E-state index is 0.120. The van der Waals surface area contributed by atoms with Crippen LogP contribution in [0.2, 0.25) is 0 Å². The van der Waals surface area contributed by atoms with E-state index in [1.807, 2.05) is 0 Å². The highest BCUT2D eigenvalue weighted by Crippen LogP contribution is 2.31. The fraction of sp³-hybridized carbons (Fsp3) is 0.750. The summed E-state index contributed by atoms with van der Waals surface area (Å²) in [4.78, 5) is 11.8. The van der Waals surface area contributed by atoms with Gasteiger partial charge < -0.3 is 15.2 Å². The highest BCUT2D eigenvalue weighted by atomic mass is 16.5. The fourth-order valence-corrected chi connectivity index (χ4v) is 2.25. The molecule has 100 valence electrons. The highest BCUT2D eigenvalue weighted by molar-refractivity contribution is 5.20. The number of aromatic nitrogens is 3. The van der Waals surface area contributed by atoms with Crippen molar-refractivity contribution in [1.82, 2.24) is 15.0 Å². The van der Waals surface area contributed by atoms with Crippen LogP contribution >= 0.6 is 0 Å². The summed E-state index contributed by atoms with van der Waals surface area (Å²) in [6, 6.07) is 0.445. The van der Waals surface area contributed by atoms with Gasteiger partial charge in [-0.1, -0.05) is 13.8 Å². The average Bonchev–Trinajstić information content (AvgIpc) is 2.33. The molecule has 1 aromatic heterocycles. The van der Waals surface area contributed by atoms with Gasteiger partial charge in [0.1, 0.15) is 6.10 Å². The Morgan fingerprint density at radius 1 is 1.06 bits per heavy atom. The Morgan fingerprint density at radius 3 is 2.44 bits per heavy atom. The lowest BCUT2D eigenvalue weighted by molar-refractivity contribution is 0.0910. The zero-order chi connectivity index (χ0) is 13.1. The van der Waals surface area contributed by atoms with Crippen LogP contribution in [0.4, 0.5) is 5.95 Å². The first-order chi connectivity index (χ1) is 8.58. The molecule has 6 heteroatoms. The maximum Gasteiger partial charge on any atom is 0.324 e. The summed E-state index contributed by atoms with van der Waals surface area (Å²) >= 11 is 0. The molecule has 1 aromatic rings. The molecule has 0 aromatic carbocycles. The Hall–Kier alpha value is -1.59. The maximum atomic E-state index is 5.78. The molecule has 0 saturated heterocycles.